The number of urea groups is 1. The summed E-state index contributed by atoms with van der Waals surface area (Å²) in [5, 5.41) is 5.30. The van der Waals surface area contributed by atoms with Crippen molar-refractivity contribution in [3.63, 3.8) is 0 Å². The van der Waals surface area contributed by atoms with Gasteiger partial charge in [-0.25, -0.2) is 9.78 Å². The Balaban J connectivity index is 2.19. The fourth-order valence-corrected chi connectivity index (χ4v) is 2.18. The van der Waals surface area contributed by atoms with Crippen molar-refractivity contribution in [3.05, 3.63) is 22.1 Å². The number of aryl methyl sites for hydroxylation is 1. The third kappa shape index (κ3) is 7.78. The molecule has 1 atom stereocenters. The molecule has 0 fully saturated rings. The van der Waals surface area contributed by atoms with E-state index in [1.807, 2.05) is 0 Å². The predicted octanol–water partition coefficient (Wildman–Crippen LogP) is 0.295. The molecule has 1 unspecified atom stereocenters. The number of rotatable bonds is 9. The molecule has 1 aromatic heterocycles. The summed E-state index contributed by atoms with van der Waals surface area (Å²) in [7, 11) is 2.18. The number of amides is 2. The van der Waals surface area contributed by atoms with E-state index in [-0.39, 0.29) is 17.5 Å². The van der Waals surface area contributed by atoms with E-state index >= 15 is 0 Å². The van der Waals surface area contributed by atoms with Crippen LogP contribution in [-0.4, -0.2) is 42.7 Å². The first-order valence-electron chi connectivity index (χ1n) is 7.95. The molecule has 7 heteroatoms. The number of quaternary nitrogens is 1. The van der Waals surface area contributed by atoms with Gasteiger partial charge in [0.1, 0.15) is 0 Å². The van der Waals surface area contributed by atoms with Crippen molar-refractivity contribution in [1.82, 2.24) is 15.3 Å². The number of unbranched alkanes of at least 4 members (excludes halogenated alkanes) is 2. The molecule has 0 bridgehead atoms. The topological polar surface area (TPSA) is 91.3 Å². The largest absolute Gasteiger partial charge is 0.338 e. The molecule has 0 radical (unpaired) electrons. The summed E-state index contributed by atoms with van der Waals surface area (Å²) >= 11 is 0. The minimum atomic E-state index is -0.350. The molecule has 22 heavy (non-hydrogen) atoms. The normalized spacial score (nSPS) is 12.0. The Morgan fingerprint density at radius 3 is 2.73 bits per heavy atom. The maximum Gasteiger partial charge on any atom is 0.321 e. The summed E-state index contributed by atoms with van der Waals surface area (Å²) in [4.78, 5) is 31.0. The average Bonchev–Trinajstić information content (AvgIpc) is 2.42. The first-order chi connectivity index (χ1) is 10.5. The summed E-state index contributed by atoms with van der Waals surface area (Å²) in [6, 6.07) is 1.03. The van der Waals surface area contributed by atoms with Crippen LogP contribution in [0.2, 0.25) is 0 Å². The second kappa shape index (κ2) is 9.94. The minimum Gasteiger partial charge on any atom is -0.338 e. The van der Waals surface area contributed by atoms with E-state index in [0.29, 0.717) is 12.2 Å². The van der Waals surface area contributed by atoms with Gasteiger partial charge in [0.25, 0.3) is 5.56 Å². The third-order valence-electron chi connectivity index (χ3n) is 3.37. The number of carbonyl (C=O) groups excluding carboxylic acids is 1. The van der Waals surface area contributed by atoms with E-state index in [2.05, 4.69) is 34.6 Å². The third-order valence-corrected chi connectivity index (χ3v) is 3.37. The first-order valence-corrected chi connectivity index (χ1v) is 7.95. The van der Waals surface area contributed by atoms with Crippen molar-refractivity contribution in [1.29, 1.82) is 0 Å². The standard InChI is InChI=1S/C15H27N5O2/c1-4-5-6-9-20(3)10-7-8-16-15(22)19-14-17-12(2)11-13(21)18-14/h11H,4-10H2,1-3H3,(H3,16,17,18,19,21,22)/p+1. The van der Waals surface area contributed by atoms with Crippen molar-refractivity contribution in [2.75, 3.05) is 32.0 Å². The number of aromatic amines is 1. The van der Waals surface area contributed by atoms with E-state index in [9.17, 15) is 9.59 Å². The molecule has 2 amide bonds. The molecule has 4 N–H and O–H groups in total. The van der Waals surface area contributed by atoms with Crippen molar-refractivity contribution >= 4 is 12.0 Å². The fraction of sp³-hybridized carbons (Fsp3) is 0.667. The Kier molecular flexibility index (Phi) is 8.21. The van der Waals surface area contributed by atoms with Crippen molar-refractivity contribution < 1.29 is 9.69 Å². The van der Waals surface area contributed by atoms with Gasteiger partial charge in [0.2, 0.25) is 5.95 Å². The van der Waals surface area contributed by atoms with Crippen LogP contribution in [0.1, 0.15) is 38.3 Å². The molecule has 0 aliphatic carbocycles. The Bertz CT molecular complexity index is 515. The summed E-state index contributed by atoms with van der Waals surface area (Å²) in [5.41, 5.74) is 0.288. The Hall–Kier alpha value is -1.89. The van der Waals surface area contributed by atoms with E-state index < -0.39 is 0 Å². The lowest BCUT2D eigenvalue weighted by Gasteiger charge is -2.14. The highest BCUT2D eigenvalue weighted by Gasteiger charge is 2.05. The predicted molar refractivity (Wildman–Crippen MR) is 87.4 cm³/mol. The zero-order chi connectivity index (χ0) is 16.4. The molecule has 1 aromatic rings. The highest BCUT2D eigenvalue weighted by Crippen LogP contribution is 1.95. The quantitative estimate of drug-likeness (QED) is 0.494. The number of H-pyrrole nitrogens is 1. The Labute approximate surface area is 131 Å². The first kappa shape index (κ1) is 18.2. The molecule has 1 heterocycles. The van der Waals surface area contributed by atoms with Crippen LogP contribution in [-0.2, 0) is 0 Å². The van der Waals surface area contributed by atoms with E-state index in [4.69, 9.17) is 0 Å². The van der Waals surface area contributed by atoms with Crippen LogP contribution in [0, 0.1) is 6.92 Å². The minimum absolute atomic E-state index is 0.171. The van der Waals surface area contributed by atoms with Gasteiger partial charge in [-0.3, -0.25) is 15.1 Å². The van der Waals surface area contributed by atoms with E-state index in [0.717, 1.165) is 13.0 Å². The molecular weight excluding hydrogens is 282 g/mol. The highest BCUT2D eigenvalue weighted by atomic mass is 16.2. The SMILES string of the molecule is CCCCC[NH+](C)CCCNC(=O)Nc1nc(C)cc(=O)[nH]1. The lowest BCUT2D eigenvalue weighted by molar-refractivity contribution is -0.879. The van der Waals surface area contributed by atoms with Gasteiger partial charge >= 0.3 is 6.03 Å². The maximum atomic E-state index is 11.7. The molecule has 1 rings (SSSR count). The van der Waals surface area contributed by atoms with Gasteiger partial charge in [-0.05, 0) is 19.8 Å². The zero-order valence-corrected chi connectivity index (χ0v) is 13.8. The van der Waals surface area contributed by atoms with Crippen molar-refractivity contribution in [2.45, 2.75) is 39.5 Å². The lowest BCUT2D eigenvalue weighted by Crippen LogP contribution is -3.09. The van der Waals surface area contributed by atoms with Gasteiger partial charge in [-0.15, -0.1) is 0 Å². The highest BCUT2D eigenvalue weighted by molar-refractivity contribution is 5.87. The number of carbonyl (C=O) groups is 1. The van der Waals surface area contributed by atoms with Gasteiger partial charge in [0, 0.05) is 24.7 Å². The van der Waals surface area contributed by atoms with Crippen LogP contribution in [0.5, 0.6) is 0 Å². The average molecular weight is 310 g/mol. The number of nitrogens with one attached hydrogen (secondary N) is 4. The lowest BCUT2D eigenvalue weighted by atomic mass is 10.2. The van der Waals surface area contributed by atoms with E-state index in [1.165, 1.54) is 36.8 Å². The number of nitrogens with zero attached hydrogens (tertiary/aromatic N) is 1. The fourth-order valence-electron chi connectivity index (χ4n) is 2.18. The summed E-state index contributed by atoms with van der Waals surface area (Å²) in [6.45, 7) is 6.72. The van der Waals surface area contributed by atoms with E-state index in [1.54, 1.807) is 6.92 Å². The van der Waals surface area contributed by atoms with Gasteiger partial charge in [0.05, 0.1) is 20.1 Å². The number of hydrogen-bond donors (Lipinski definition) is 4. The van der Waals surface area contributed by atoms with Gasteiger partial charge < -0.3 is 10.2 Å². The van der Waals surface area contributed by atoms with Crippen LogP contribution in [0.4, 0.5) is 10.7 Å². The number of hydrogen-bond acceptors (Lipinski definition) is 3. The van der Waals surface area contributed by atoms with Crippen LogP contribution in [0.25, 0.3) is 0 Å². The summed E-state index contributed by atoms with van der Waals surface area (Å²) in [5.74, 6) is 0.171. The van der Waals surface area contributed by atoms with Crippen LogP contribution >= 0.6 is 0 Å². The zero-order valence-electron chi connectivity index (χ0n) is 13.8. The summed E-state index contributed by atoms with van der Waals surface area (Å²) in [6.07, 6.45) is 4.69. The van der Waals surface area contributed by atoms with Gasteiger partial charge in [-0.1, -0.05) is 13.3 Å². The molecular formula is C15H28N5O2+. The van der Waals surface area contributed by atoms with Crippen molar-refractivity contribution in [3.8, 4) is 0 Å². The molecule has 0 aliphatic rings. The molecule has 7 nitrogen and oxygen atoms in total. The van der Waals surface area contributed by atoms with Gasteiger partial charge in [-0.2, -0.15) is 0 Å². The molecule has 124 valence electrons. The Morgan fingerprint density at radius 2 is 2.05 bits per heavy atom. The maximum absolute atomic E-state index is 11.7. The van der Waals surface area contributed by atoms with Gasteiger partial charge in [0.15, 0.2) is 0 Å². The smallest absolute Gasteiger partial charge is 0.321 e. The molecule has 0 aliphatic heterocycles. The van der Waals surface area contributed by atoms with Crippen LogP contribution < -0.4 is 21.1 Å². The summed E-state index contributed by atoms with van der Waals surface area (Å²) < 4.78 is 0. The molecule has 0 aromatic carbocycles. The molecule has 0 spiro atoms. The molecule has 0 saturated heterocycles. The van der Waals surface area contributed by atoms with Crippen LogP contribution in [0.3, 0.4) is 0 Å². The van der Waals surface area contributed by atoms with Crippen LogP contribution in [0.15, 0.2) is 10.9 Å². The van der Waals surface area contributed by atoms with Crippen molar-refractivity contribution in [2.24, 2.45) is 0 Å². The molecule has 0 saturated carbocycles. The Morgan fingerprint density at radius 1 is 1.32 bits per heavy atom. The number of anilines is 1. The number of aromatic nitrogens is 2. The second-order valence-corrected chi connectivity index (χ2v) is 5.63. The monoisotopic (exact) mass is 310 g/mol. The second-order valence-electron chi connectivity index (χ2n) is 5.63.